The molecule has 0 heterocycles. The van der Waals surface area contributed by atoms with Crippen molar-refractivity contribution in [1.29, 1.82) is 0 Å². The first-order valence-corrected chi connectivity index (χ1v) is 23.6. The zero-order valence-corrected chi connectivity index (χ0v) is 39.1. The first-order chi connectivity index (χ1) is 29.8. The Morgan fingerprint density at radius 3 is 1.55 bits per heavy atom. The molecule has 2 atom stereocenters. The van der Waals surface area contributed by atoms with E-state index in [-0.39, 0.29) is 69.0 Å². The fourth-order valence-electron chi connectivity index (χ4n) is 6.28. The molecule has 0 aliphatic carbocycles. The highest BCUT2D eigenvalue weighted by molar-refractivity contribution is 5.84. The van der Waals surface area contributed by atoms with Crippen LogP contribution in [0.3, 0.4) is 0 Å². The highest BCUT2D eigenvalue weighted by atomic mass is 16.5. The summed E-state index contributed by atoms with van der Waals surface area (Å²) in [5, 5.41) is 23.1. The molecule has 0 spiro atoms. The minimum atomic E-state index is -1.00. The van der Waals surface area contributed by atoms with Gasteiger partial charge in [-0.05, 0) is 51.9 Å². The van der Waals surface area contributed by atoms with Gasteiger partial charge < -0.3 is 39.8 Å². The third-order valence-corrected chi connectivity index (χ3v) is 10.3. The van der Waals surface area contributed by atoms with E-state index < -0.39 is 17.9 Å². The third kappa shape index (κ3) is 46.2. The van der Waals surface area contributed by atoms with Gasteiger partial charge in [0.05, 0.1) is 32.3 Å². The highest BCUT2D eigenvalue weighted by Crippen LogP contribution is 2.17. The van der Waals surface area contributed by atoms with Gasteiger partial charge in [0.25, 0.3) is 0 Å². The molecule has 0 rings (SSSR count). The Hall–Kier alpha value is -3.27. The van der Waals surface area contributed by atoms with E-state index in [0.717, 1.165) is 64.2 Å². The Balaban J connectivity index is -0.00000113. The van der Waals surface area contributed by atoms with Gasteiger partial charge in [-0.3, -0.25) is 33.6 Å². The molecule has 4 N–H and O–H groups in total. The fraction of sp³-hybridized carbons (Fsp3) is 0.851. The normalized spacial score (nSPS) is 11.9. The summed E-state index contributed by atoms with van der Waals surface area (Å²) >= 11 is 0. The van der Waals surface area contributed by atoms with Crippen LogP contribution in [0.15, 0.2) is 0 Å². The van der Waals surface area contributed by atoms with Crippen LogP contribution in [-0.2, 0) is 52.5 Å². The summed E-state index contributed by atoms with van der Waals surface area (Å²) in [7, 11) is 1.51. The first-order valence-electron chi connectivity index (χ1n) is 23.6. The molecule has 0 saturated heterocycles. The molecular weight excluding hydrogens is 801 g/mol. The number of aliphatic carboxylic acids is 2. The molecule has 15 heteroatoms. The van der Waals surface area contributed by atoms with Gasteiger partial charge in [0.1, 0.15) is 24.8 Å². The topological polar surface area (TPSA) is 221 Å². The molecule has 0 aromatic heterocycles. The summed E-state index contributed by atoms with van der Waals surface area (Å²) in [4.78, 5) is 79.4. The van der Waals surface area contributed by atoms with Crippen molar-refractivity contribution >= 4 is 41.1 Å². The van der Waals surface area contributed by atoms with Crippen LogP contribution in [0, 0.1) is 11.8 Å². The lowest BCUT2D eigenvalue weighted by Gasteiger charge is -2.11. The Labute approximate surface area is 374 Å². The molecule has 0 aromatic carbocycles. The van der Waals surface area contributed by atoms with E-state index in [1.807, 2.05) is 13.8 Å². The van der Waals surface area contributed by atoms with Gasteiger partial charge in [-0.1, -0.05) is 97.3 Å². The third-order valence-electron chi connectivity index (χ3n) is 10.3. The second-order valence-electron chi connectivity index (χ2n) is 16.2. The lowest BCUT2D eigenvalue weighted by atomic mass is 9.94. The summed E-state index contributed by atoms with van der Waals surface area (Å²) in [6.07, 6.45) is 21.5. The second kappa shape index (κ2) is 45.7. The van der Waals surface area contributed by atoms with Crippen molar-refractivity contribution in [3.63, 3.8) is 0 Å². The average Bonchev–Trinajstić information content (AvgIpc) is 3.23. The van der Waals surface area contributed by atoms with Crippen molar-refractivity contribution in [2.45, 2.75) is 181 Å². The zero-order chi connectivity index (χ0) is 46.5. The van der Waals surface area contributed by atoms with E-state index >= 15 is 0 Å². The van der Waals surface area contributed by atoms with E-state index in [9.17, 15) is 38.7 Å². The van der Waals surface area contributed by atoms with Gasteiger partial charge in [-0.2, -0.15) is 0 Å². The number of carboxylic acid groups (broad SMARTS) is 2. The number of amides is 2. The van der Waals surface area contributed by atoms with Crippen LogP contribution in [0.4, 0.5) is 0 Å². The molecule has 0 saturated carbocycles. The lowest BCUT2D eigenvalue weighted by molar-refractivity contribution is -0.144. The van der Waals surface area contributed by atoms with Crippen molar-refractivity contribution in [2.75, 3.05) is 66.4 Å². The SMILES string of the molecule is CCCOCCOCC(=O)CCCOCCOCC(=O)NCCCC[C@H](C)C(C)=O.CNC(=O)CC[C@H](CC(=O)CCCCCCCCCCCCCCCCC(=O)O)C(=O)O.[HH]. The number of unbranched alkanes of at least 4 members (excludes halogenated alkanes) is 14. The Bertz CT molecular complexity index is 1170. The summed E-state index contributed by atoms with van der Waals surface area (Å²) < 4.78 is 21.2. The van der Waals surface area contributed by atoms with E-state index in [1.165, 1.54) is 58.4 Å². The zero-order valence-electron chi connectivity index (χ0n) is 39.1. The Morgan fingerprint density at radius 2 is 1.03 bits per heavy atom. The number of Topliss-reactive ketones (excluding diaryl/α,β-unsaturated/α-hetero) is 3. The number of nitrogens with one attached hydrogen (secondary N) is 2. The number of ether oxygens (including phenoxy) is 4. The molecule has 0 aliphatic rings. The maximum absolute atomic E-state index is 12.0. The maximum Gasteiger partial charge on any atom is 0.306 e. The number of carbonyl (C=O) groups is 7. The number of hydrogen-bond acceptors (Lipinski definition) is 11. The molecule has 0 aromatic rings. The number of carbonyl (C=O) groups excluding carboxylic acids is 5. The number of rotatable bonds is 45. The van der Waals surface area contributed by atoms with Crippen molar-refractivity contribution in [2.24, 2.45) is 11.8 Å². The van der Waals surface area contributed by atoms with Crippen molar-refractivity contribution in [3.8, 4) is 0 Å². The molecule has 0 radical (unpaired) electrons. The second-order valence-corrected chi connectivity index (χ2v) is 16.2. The summed E-state index contributed by atoms with van der Waals surface area (Å²) in [6, 6.07) is 0. The quantitative estimate of drug-likeness (QED) is 0.0426. The van der Waals surface area contributed by atoms with Gasteiger partial charge >= 0.3 is 11.9 Å². The summed E-state index contributed by atoms with van der Waals surface area (Å²) in [5.74, 6) is -2.49. The Morgan fingerprint density at radius 1 is 0.532 bits per heavy atom. The highest BCUT2D eigenvalue weighted by Gasteiger charge is 2.21. The number of ketones is 3. The molecule has 62 heavy (non-hydrogen) atoms. The first kappa shape index (κ1) is 60.8. The van der Waals surface area contributed by atoms with Crippen molar-refractivity contribution in [1.82, 2.24) is 10.6 Å². The van der Waals surface area contributed by atoms with Crippen LogP contribution < -0.4 is 10.6 Å². The fourth-order valence-corrected chi connectivity index (χ4v) is 6.28. The van der Waals surface area contributed by atoms with E-state index in [4.69, 9.17) is 24.1 Å². The van der Waals surface area contributed by atoms with Crippen LogP contribution in [-0.4, -0.2) is 118 Å². The van der Waals surface area contributed by atoms with Crippen LogP contribution in [0.2, 0.25) is 0 Å². The predicted molar refractivity (Wildman–Crippen MR) is 242 cm³/mol. The molecule has 0 aliphatic heterocycles. The van der Waals surface area contributed by atoms with E-state index in [1.54, 1.807) is 6.92 Å². The summed E-state index contributed by atoms with van der Waals surface area (Å²) in [6.45, 7) is 9.14. The van der Waals surface area contributed by atoms with E-state index in [2.05, 4.69) is 10.6 Å². The molecule has 0 fully saturated rings. The molecule has 0 bridgehead atoms. The molecule has 15 nitrogen and oxygen atoms in total. The van der Waals surface area contributed by atoms with Gasteiger partial charge in [-0.25, -0.2) is 0 Å². The molecule has 364 valence electrons. The van der Waals surface area contributed by atoms with E-state index in [0.29, 0.717) is 71.9 Å². The van der Waals surface area contributed by atoms with Gasteiger partial charge in [0.15, 0.2) is 5.78 Å². The predicted octanol–water partition coefficient (Wildman–Crippen LogP) is 8.07. The van der Waals surface area contributed by atoms with Gasteiger partial charge in [0, 0.05) is 66.3 Å². The van der Waals surface area contributed by atoms with Crippen LogP contribution in [0.25, 0.3) is 0 Å². The van der Waals surface area contributed by atoms with Crippen molar-refractivity contribution in [3.05, 3.63) is 0 Å². The maximum atomic E-state index is 12.0. The average molecular weight is 889 g/mol. The lowest BCUT2D eigenvalue weighted by Crippen LogP contribution is -2.29. The Kier molecular flexibility index (Phi) is 44.9. The number of carboxylic acids is 2. The smallest absolute Gasteiger partial charge is 0.306 e. The van der Waals surface area contributed by atoms with Gasteiger partial charge in [0.2, 0.25) is 11.8 Å². The molecule has 2 amide bonds. The van der Waals surface area contributed by atoms with Crippen LogP contribution in [0.5, 0.6) is 0 Å². The largest absolute Gasteiger partial charge is 0.481 e. The molecular formula is C47H88N2O13. The molecule has 0 unspecified atom stereocenters. The monoisotopic (exact) mass is 889 g/mol. The van der Waals surface area contributed by atoms with Crippen LogP contribution >= 0.6 is 0 Å². The minimum Gasteiger partial charge on any atom is -0.481 e. The summed E-state index contributed by atoms with van der Waals surface area (Å²) in [5.41, 5.74) is 0. The van der Waals surface area contributed by atoms with Crippen LogP contribution in [0.1, 0.15) is 183 Å². The van der Waals surface area contributed by atoms with Gasteiger partial charge in [-0.15, -0.1) is 0 Å². The number of hydrogen-bond donors (Lipinski definition) is 4. The standard InChI is InChI=1S/C25H45NO6.C22H41NO7.H2/c1-26-23(28)19-18-21(25(31)32)20-22(27)16-14-12-10-8-6-4-2-3-5-7-9-11-13-15-17-24(29)30;1-4-11-27-13-15-29-17-21(25)9-7-12-28-14-16-30-18-22(26)23-10-6-5-8-19(2)20(3)24;/h21H,2-20H2,1H3,(H,26,28)(H,29,30)(H,31,32);19H,4-18H2,1-3H3,(H,23,26);1H/t21-;19-;/m10./s1. The minimum absolute atomic E-state index is 0. The van der Waals surface area contributed by atoms with Crippen molar-refractivity contribution < 1.29 is 64.1 Å².